The van der Waals surface area contributed by atoms with Crippen molar-refractivity contribution in [2.45, 2.75) is 20.3 Å². The van der Waals surface area contributed by atoms with Crippen LogP contribution in [0.4, 0.5) is 10.1 Å². The van der Waals surface area contributed by atoms with E-state index in [0.29, 0.717) is 17.2 Å². The summed E-state index contributed by atoms with van der Waals surface area (Å²) < 4.78 is 13.0. The average molecular weight is 328 g/mol. The van der Waals surface area contributed by atoms with Gasteiger partial charge in [-0.3, -0.25) is 9.59 Å². The average Bonchev–Trinajstić information content (AvgIpc) is 2.53. The summed E-state index contributed by atoms with van der Waals surface area (Å²) in [6.45, 7) is 4.10. The lowest BCUT2D eigenvalue weighted by molar-refractivity contribution is -0.115. The van der Waals surface area contributed by atoms with Gasteiger partial charge in [-0.2, -0.15) is 0 Å². The number of carbonyl (C=O) groups excluding carboxylic acids is 2. The fourth-order valence-corrected chi connectivity index (χ4v) is 2.30. The molecule has 24 heavy (non-hydrogen) atoms. The first-order valence-electron chi connectivity index (χ1n) is 7.86. The van der Waals surface area contributed by atoms with Crippen molar-refractivity contribution < 1.29 is 14.0 Å². The molecule has 0 atom stereocenters. The Bertz CT molecular complexity index is 712. The number of hydrogen-bond acceptors (Lipinski definition) is 2. The first-order chi connectivity index (χ1) is 11.4. The third-order valence-electron chi connectivity index (χ3n) is 3.38. The molecule has 2 amide bonds. The van der Waals surface area contributed by atoms with Gasteiger partial charge in [-0.25, -0.2) is 4.39 Å². The second-order valence-electron chi connectivity index (χ2n) is 6.04. The van der Waals surface area contributed by atoms with Crippen LogP contribution in [0.5, 0.6) is 0 Å². The third-order valence-corrected chi connectivity index (χ3v) is 3.38. The molecular weight excluding hydrogens is 307 g/mol. The van der Waals surface area contributed by atoms with Crippen LogP contribution in [0.15, 0.2) is 48.5 Å². The molecule has 0 aliphatic rings. The topological polar surface area (TPSA) is 58.2 Å². The standard InChI is InChI=1S/C19H21FN2O2/c1-13(2)10-14-6-8-15(9-7-14)19(24)21-12-18(23)22-17-5-3-4-16(20)11-17/h3-9,11,13H,10,12H2,1-2H3,(H,21,24)(H,22,23). The third kappa shape index (κ3) is 5.50. The summed E-state index contributed by atoms with van der Waals surface area (Å²) in [6.07, 6.45) is 0.956. The largest absolute Gasteiger partial charge is 0.343 e. The molecule has 0 spiro atoms. The summed E-state index contributed by atoms with van der Waals surface area (Å²) in [5, 5.41) is 5.08. The maximum Gasteiger partial charge on any atom is 0.251 e. The molecule has 0 aromatic heterocycles. The predicted molar refractivity (Wildman–Crippen MR) is 92.3 cm³/mol. The maximum absolute atomic E-state index is 13.0. The van der Waals surface area contributed by atoms with E-state index < -0.39 is 11.7 Å². The van der Waals surface area contributed by atoms with E-state index in [1.165, 1.54) is 23.8 Å². The Labute approximate surface area is 141 Å². The molecule has 0 saturated heterocycles. The lowest BCUT2D eigenvalue weighted by atomic mass is 10.0. The van der Waals surface area contributed by atoms with Gasteiger partial charge in [0.15, 0.2) is 0 Å². The van der Waals surface area contributed by atoms with Gasteiger partial charge in [0, 0.05) is 11.3 Å². The molecule has 2 aromatic rings. The lowest BCUT2D eigenvalue weighted by Crippen LogP contribution is -2.32. The van der Waals surface area contributed by atoms with Crippen molar-refractivity contribution in [3.8, 4) is 0 Å². The smallest absolute Gasteiger partial charge is 0.251 e. The number of nitrogens with one attached hydrogen (secondary N) is 2. The van der Waals surface area contributed by atoms with Crippen molar-refractivity contribution in [3.05, 3.63) is 65.5 Å². The molecule has 0 bridgehead atoms. The van der Waals surface area contributed by atoms with E-state index in [2.05, 4.69) is 24.5 Å². The molecule has 0 heterocycles. The van der Waals surface area contributed by atoms with E-state index in [-0.39, 0.29) is 12.5 Å². The molecule has 2 aromatic carbocycles. The van der Waals surface area contributed by atoms with E-state index in [9.17, 15) is 14.0 Å². The minimum atomic E-state index is -0.432. The molecule has 0 unspecified atom stereocenters. The molecule has 0 saturated carbocycles. The molecule has 0 fully saturated rings. The van der Waals surface area contributed by atoms with Crippen molar-refractivity contribution >= 4 is 17.5 Å². The van der Waals surface area contributed by atoms with Gasteiger partial charge in [-0.15, -0.1) is 0 Å². The summed E-state index contributed by atoms with van der Waals surface area (Å²) in [5.41, 5.74) is 2.03. The second-order valence-corrected chi connectivity index (χ2v) is 6.04. The van der Waals surface area contributed by atoms with Gasteiger partial charge < -0.3 is 10.6 Å². The molecule has 126 valence electrons. The van der Waals surface area contributed by atoms with Crippen molar-refractivity contribution in [2.75, 3.05) is 11.9 Å². The summed E-state index contributed by atoms with van der Waals surface area (Å²) in [4.78, 5) is 23.8. The van der Waals surface area contributed by atoms with Gasteiger partial charge in [-0.1, -0.05) is 32.0 Å². The fourth-order valence-electron chi connectivity index (χ4n) is 2.30. The number of rotatable bonds is 6. The highest BCUT2D eigenvalue weighted by Crippen LogP contribution is 2.10. The van der Waals surface area contributed by atoms with Crippen LogP contribution in [0, 0.1) is 11.7 Å². The van der Waals surface area contributed by atoms with Crippen LogP contribution < -0.4 is 10.6 Å². The highest BCUT2D eigenvalue weighted by Gasteiger charge is 2.09. The van der Waals surface area contributed by atoms with Crippen molar-refractivity contribution in [2.24, 2.45) is 5.92 Å². The molecule has 2 N–H and O–H groups in total. The summed E-state index contributed by atoms with van der Waals surface area (Å²) in [7, 11) is 0. The molecular formula is C19H21FN2O2. The van der Waals surface area contributed by atoms with E-state index in [4.69, 9.17) is 0 Å². The predicted octanol–water partition coefficient (Wildman–Crippen LogP) is 3.39. The van der Waals surface area contributed by atoms with Crippen molar-refractivity contribution in [1.82, 2.24) is 5.32 Å². The zero-order chi connectivity index (χ0) is 17.5. The summed E-state index contributed by atoms with van der Waals surface area (Å²) in [6, 6.07) is 12.9. The van der Waals surface area contributed by atoms with Gasteiger partial charge >= 0.3 is 0 Å². The Morgan fingerprint density at radius 1 is 1.08 bits per heavy atom. The first kappa shape index (κ1) is 17.7. The minimum Gasteiger partial charge on any atom is -0.343 e. The first-order valence-corrected chi connectivity index (χ1v) is 7.86. The number of hydrogen-bond donors (Lipinski definition) is 2. The van der Waals surface area contributed by atoms with Gasteiger partial charge in [0.1, 0.15) is 5.82 Å². The van der Waals surface area contributed by atoms with E-state index in [0.717, 1.165) is 6.42 Å². The quantitative estimate of drug-likeness (QED) is 0.854. The van der Waals surface area contributed by atoms with Gasteiger partial charge in [0.2, 0.25) is 5.91 Å². The number of halogens is 1. The van der Waals surface area contributed by atoms with Gasteiger partial charge in [0.25, 0.3) is 5.91 Å². The Morgan fingerprint density at radius 2 is 1.79 bits per heavy atom. The highest BCUT2D eigenvalue weighted by atomic mass is 19.1. The van der Waals surface area contributed by atoms with Crippen LogP contribution in [-0.2, 0) is 11.2 Å². The van der Waals surface area contributed by atoms with Crippen LogP contribution in [0.3, 0.4) is 0 Å². The molecule has 0 aliphatic heterocycles. The van der Waals surface area contributed by atoms with Crippen LogP contribution in [-0.4, -0.2) is 18.4 Å². The number of benzene rings is 2. The van der Waals surface area contributed by atoms with Crippen molar-refractivity contribution in [1.29, 1.82) is 0 Å². The Hall–Kier alpha value is -2.69. The molecule has 5 heteroatoms. The lowest BCUT2D eigenvalue weighted by Gasteiger charge is -2.08. The van der Waals surface area contributed by atoms with E-state index in [1.54, 1.807) is 18.2 Å². The summed E-state index contributed by atoms with van der Waals surface area (Å²) in [5.74, 6) is -0.611. The van der Waals surface area contributed by atoms with E-state index in [1.807, 2.05) is 12.1 Å². The van der Waals surface area contributed by atoms with Gasteiger partial charge in [-0.05, 0) is 48.2 Å². The monoisotopic (exact) mass is 328 g/mol. The molecule has 0 aliphatic carbocycles. The van der Waals surface area contributed by atoms with Crippen LogP contribution in [0.2, 0.25) is 0 Å². The van der Waals surface area contributed by atoms with Gasteiger partial charge in [0.05, 0.1) is 6.54 Å². The zero-order valence-corrected chi connectivity index (χ0v) is 13.8. The van der Waals surface area contributed by atoms with Crippen LogP contribution in [0.1, 0.15) is 29.8 Å². The SMILES string of the molecule is CC(C)Cc1ccc(C(=O)NCC(=O)Nc2cccc(F)c2)cc1. The number of carbonyl (C=O) groups is 2. The van der Waals surface area contributed by atoms with Crippen LogP contribution in [0.25, 0.3) is 0 Å². The minimum absolute atomic E-state index is 0.177. The Morgan fingerprint density at radius 3 is 2.42 bits per heavy atom. The highest BCUT2D eigenvalue weighted by molar-refractivity contribution is 5.99. The Balaban J connectivity index is 1.85. The number of amides is 2. The second kappa shape index (κ2) is 8.24. The maximum atomic E-state index is 13.0. The fraction of sp³-hybridized carbons (Fsp3) is 0.263. The summed E-state index contributed by atoms with van der Waals surface area (Å²) >= 11 is 0. The van der Waals surface area contributed by atoms with Crippen LogP contribution >= 0.6 is 0 Å². The normalized spacial score (nSPS) is 10.5. The zero-order valence-electron chi connectivity index (χ0n) is 13.8. The van der Waals surface area contributed by atoms with Crippen molar-refractivity contribution in [3.63, 3.8) is 0 Å². The Kier molecular flexibility index (Phi) is 6.07. The molecule has 0 radical (unpaired) electrons. The molecule has 2 rings (SSSR count). The number of anilines is 1. The molecule has 4 nitrogen and oxygen atoms in total. The van der Waals surface area contributed by atoms with E-state index >= 15 is 0 Å².